The molecule has 31 heavy (non-hydrogen) atoms. The van der Waals surface area contributed by atoms with Crippen LogP contribution in [-0.2, 0) is 13.2 Å². The number of rotatable bonds is 2. The van der Waals surface area contributed by atoms with Crippen molar-refractivity contribution in [2.24, 2.45) is 7.05 Å². The second kappa shape index (κ2) is 7.74. The van der Waals surface area contributed by atoms with E-state index in [2.05, 4.69) is 0 Å². The number of pyridine rings is 1. The minimum absolute atomic E-state index is 0.0362. The van der Waals surface area contributed by atoms with Gasteiger partial charge in [0.15, 0.2) is 0 Å². The molecule has 1 aliphatic rings. The van der Waals surface area contributed by atoms with Crippen LogP contribution in [0.25, 0.3) is 10.9 Å². The molecule has 3 aromatic rings. The van der Waals surface area contributed by atoms with Crippen LogP contribution in [0.1, 0.15) is 20.1 Å². The Morgan fingerprint density at radius 1 is 1.10 bits per heavy atom. The van der Waals surface area contributed by atoms with Gasteiger partial charge >= 0.3 is 6.18 Å². The highest BCUT2D eigenvalue weighted by Gasteiger charge is 2.34. The van der Waals surface area contributed by atoms with E-state index in [0.29, 0.717) is 35.6 Å². The van der Waals surface area contributed by atoms with Gasteiger partial charge in [0.2, 0.25) is 0 Å². The second-order valence-corrected chi connectivity index (χ2v) is 8.24. The van der Waals surface area contributed by atoms with Gasteiger partial charge in [-0.25, -0.2) is 0 Å². The first-order valence-electron chi connectivity index (χ1n) is 9.45. The molecule has 0 N–H and O–H groups in total. The van der Waals surface area contributed by atoms with Gasteiger partial charge in [0.05, 0.1) is 16.1 Å². The number of halogens is 3. The molecule has 0 unspecified atom stereocenters. The molecule has 1 amide bonds. The summed E-state index contributed by atoms with van der Waals surface area (Å²) in [5, 5.41) is 10.4. The van der Waals surface area contributed by atoms with Crippen LogP contribution >= 0.6 is 11.3 Å². The van der Waals surface area contributed by atoms with E-state index in [1.807, 2.05) is 29.2 Å². The van der Waals surface area contributed by atoms with E-state index in [-0.39, 0.29) is 23.5 Å². The Bertz CT molecular complexity index is 1260. The van der Waals surface area contributed by atoms with Crippen LogP contribution in [0.15, 0.2) is 41.2 Å². The molecule has 10 heteroatoms. The summed E-state index contributed by atoms with van der Waals surface area (Å²) in [7, 11) is 1.61. The Kier molecular flexibility index (Phi) is 5.23. The first-order valence-corrected chi connectivity index (χ1v) is 10.3. The number of fused-ring (bicyclic) bond motifs is 1. The monoisotopic (exact) mass is 446 g/mol. The summed E-state index contributed by atoms with van der Waals surface area (Å²) in [5.74, 6) is -0.450. The van der Waals surface area contributed by atoms with Gasteiger partial charge in [-0.3, -0.25) is 9.59 Å². The molecule has 0 atom stereocenters. The van der Waals surface area contributed by atoms with Crippen LogP contribution in [0.2, 0.25) is 0 Å². The molecule has 6 nitrogen and oxygen atoms in total. The van der Waals surface area contributed by atoms with Crippen molar-refractivity contribution in [1.29, 1.82) is 5.26 Å². The SMILES string of the molecule is Cn1c(=O)c(C#N)c(N2CCN(C(=O)c3ccc(C(F)(F)F)s3)CC2)c2ccccc21. The number of benzene rings is 1. The first-order chi connectivity index (χ1) is 14.7. The van der Waals surface area contributed by atoms with Crippen molar-refractivity contribution in [3.63, 3.8) is 0 Å². The van der Waals surface area contributed by atoms with Gasteiger partial charge in [0.25, 0.3) is 11.5 Å². The van der Waals surface area contributed by atoms with E-state index in [1.165, 1.54) is 15.5 Å². The molecule has 1 aromatic carbocycles. The van der Waals surface area contributed by atoms with Gasteiger partial charge in [-0.05, 0) is 18.2 Å². The lowest BCUT2D eigenvalue weighted by molar-refractivity contribution is -0.134. The van der Waals surface area contributed by atoms with E-state index < -0.39 is 22.5 Å². The summed E-state index contributed by atoms with van der Waals surface area (Å²) in [6, 6.07) is 11.4. The Balaban J connectivity index is 1.60. The standard InChI is InChI=1S/C21H17F3N4O2S/c1-26-15-5-3-2-4-13(15)18(14(12-25)19(26)29)27-8-10-28(11-9-27)20(30)16-6-7-17(31-16)21(22,23)24/h2-7H,8-11H2,1H3. The highest BCUT2D eigenvalue weighted by Crippen LogP contribution is 2.35. The van der Waals surface area contributed by atoms with E-state index >= 15 is 0 Å². The molecule has 3 heterocycles. The van der Waals surface area contributed by atoms with Crippen molar-refractivity contribution < 1.29 is 18.0 Å². The number of carbonyl (C=O) groups is 1. The predicted molar refractivity (Wildman–Crippen MR) is 111 cm³/mol. The molecule has 0 aliphatic carbocycles. The first kappa shape index (κ1) is 20.9. The third kappa shape index (κ3) is 3.65. The fraction of sp³-hybridized carbons (Fsp3) is 0.286. The number of carbonyl (C=O) groups excluding carboxylic acids is 1. The van der Waals surface area contributed by atoms with Gasteiger partial charge in [0.1, 0.15) is 16.5 Å². The quantitative estimate of drug-likeness (QED) is 0.605. The van der Waals surface area contributed by atoms with E-state index in [1.54, 1.807) is 13.1 Å². The van der Waals surface area contributed by atoms with Crippen molar-refractivity contribution in [3.05, 3.63) is 62.1 Å². The zero-order chi connectivity index (χ0) is 22.3. The van der Waals surface area contributed by atoms with Gasteiger partial charge in [-0.2, -0.15) is 18.4 Å². The molecular formula is C21H17F3N4O2S. The predicted octanol–water partition coefficient (Wildman–Crippen LogP) is 3.45. The number of hydrogen-bond acceptors (Lipinski definition) is 5. The summed E-state index contributed by atoms with van der Waals surface area (Å²) >= 11 is 0.433. The lowest BCUT2D eigenvalue weighted by Crippen LogP contribution is -2.49. The van der Waals surface area contributed by atoms with Crippen LogP contribution in [0.4, 0.5) is 18.9 Å². The molecule has 2 aromatic heterocycles. The Labute approximate surface area is 179 Å². The molecular weight excluding hydrogens is 429 g/mol. The third-order valence-electron chi connectivity index (χ3n) is 5.37. The summed E-state index contributed by atoms with van der Waals surface area (Å²) in [5.41, 5.74) is 0.865. The number of hydrogen-bond donors (Lipinski definition) is 0. The maximum atomic E-state index is 12.8. The van der Waals surface area contributed by atoms with Crippen LogP contribution in [0.3, 0.4) is 0 Å². The summed E-state index contributed by atoms with van der Waals surface area (Å²) < 4.78 is 39.9. The molecule has 0 saturated carbocycles. The lowest BCUT2D eigenvalue weighted by Gasteiger charge is -2.36. The third-order valence-corrected chi connectivity index (χ3v) is 6.48. The van der Waals surface area contributed by atoms with Gasteiger partial charge in [0, 0.05) is 38.6 Å². The topological polar surface area (TPSA) is 69.3 Å². The largest absolute Gasteiger partial charge is 0.425 e. The van der Waals surface area contributed by atoms with Crippen molar-refractivity contribution in [1.82, 2.24) is 9.47 Å². The average Bonchev–Trinajstić information content (AvgIpc) is 3.27. The molecule has 160 valence electrons. The van der Waals surface area contributed by atoms with Gasteiger partial charge in [-0.15, -0.1) is 11.3 Å². The second-order valence-electron chi connectivity index (χ2n) is 7.16. The number of aromatic nitrogens is 1. The van der Waals surface area contributed by atoms with Crippen LogP contribution in [-0.4, -0.2) is 41.6 Å². The number of nitriles is 1. The summed E-state index contributed by atoms with van der Waals surface area (Å²) in [4.78, 5) is 28.0. The van der Waals surface area contributed by atoms with Crippen LogP contribution in [0, 0.1) is 11.3 Å². The summed E-state index contributed by atoms with van der Waals surface area (Å²) in [6.07, 6.45) is -4.48. The maximum Gasteiger partial charge on any atom is 0.425 e. The lowest BCUT2D eigenvalue weighted by atomic mass is 10.1. The zero-order valence-electron chi connectivity index (χ0n) is 16.4. The molecule has 1 aliphatic heterocycles. The molecule has 0 radical (unpaired) electrons. The fourth-order valence-corrected chi connectivity index (χ4v) is 4.64. The molecule has 1 fully saturated rings. The molecule has 1 saturated heterocycles. The van der Waals surface area contributed by atoms with Crippen molar-refractivity contribution in [2.75, 3.05) is 31.1 Å². The number of anilines is 1. The van der Waals surface area contributed by atoms with Gasteiger partial charge < -0.3 is 14.4 Å². The minimum atomic E-state index is -4.48. The van der Waals surface area contributed by atoms with Gasteiger partial charge in [-0.1, -0.05) is 18.2 Å². The number of thiophene rings is 1. The molecule has 4 rings (SSSR count). The number of nitrogens with zero attached hydrogens (tertiary/aromatic N) is 4. The Morgan fingerprint density at radius 3 is 2.39 bits per heavy atom. The Morgan fingerprint density at radius 2 is 1.77 bits per heavy atom. The number of para-hydroxylation sites is 1. The minimum Gasteiger partial charge on any atom is -0.366 e. The highest BCUT2D eigenvalue weighted by molar-refractivity contribution is 7.14. The summed E-state index contributed by atoms with van der Waals surface area (Å²) in [6.45, 7) is 1.25. The van der Waals surface area contributed by atoms with Crippen LogP contribution < -0.4 is 10.5 Å². The maximum absolute atomic E-state index is 12.8. The average molecular weight is 446 g/mol. The fourth-order valence-electron chi connectivity index (χ4n) is 3.80. The number of aryl methyl sites for hydroxylation is 1. The van der Waals surface area contributed by atoms with E-state index in [4.69, 9.17) is 0 Å². The van der Waals surface area contributed by atoms with Crippen LogP contribution in [0.5, 0.6) is 0 Å². The Hall–Kier alpha value is -3.32. The number of alkyl halides is 3. The highest BCUT2D eigenvalue weighted by atomic mass is 32.1. The van der Waals surface area contributed by atoms with E-state index in [9.17, 15) is 28.0 Å². The van der Waals surface area contributed by atoms with Crippen molar-refractivity contribution in [3.8, 4) is 6.07 Å². The normalized spacial score (nSPS) is 14.7. The van der Waals surface area contributed by atoms with Crippen molar-refractivity contribution in [2.45, 2.75) is 6.18 Å². The molecule has 0 bridgehead atoms. The smallest absolute Gasteiger partial charge is 0.366 e. The number of piperazine rings is 1. The van der Waals surface area contributed by atoms with E-state index in [0.717, 1.165) is 11.5 Å². The molecule has 0 spiro atoms. The number of amides is 1. The zero-order valence-corrected chi connectivity index (χ0v) is 17.3. The van der Waals surface area contributed by atoms with Crippen molar-refractivity contribution >= 4 is 33.8 Å².